The molecule has 0 atom stereocenters. The van der Waals surface area contributed by atoms with Crippen LogP contribution in [0.2, 0.25) is 0 Å². The van der Waals surface area contributed by atoms with Crippen molar-refractivity contribution < 1.29 is 13.9 Å². The molecule has 0 aromatic heterocycles. The SMILES string of the molecule is [O]C(F)(F)CCl. The summed E-state index contributed by atoms with van der Waals surface area (Å²) in [5.74, 6) is -1.15. The molecule has 0 saturated heterocycles. The van der Waals surface area contributed by atoms with Crippen LogP contribution in [0, 0.1) is 0 Å². The molecule has 0 heterocycles. The Morgan fingerprint density at radius 1 is 1.67 bits per heavy atom. The minimum absolute atomic E-state index is 1.15. The van der Waals surface area contributed by atoms with Gasteiger partial charge < -0.3 is 0 Å². The number of hydrogen-bond donors (Lipinski definition) is 0. The second-order valence-corrected chi connectivity index (χ2v) is 1.04. The van der Waals surface area contributed by atoms with Crippen LogP contribution >= 0.6 is 11.6 Å². The van der Waals surface area contributed by atoms with E-state index in [1.165, 1.54) is 0 Å². The fourth-order valence-electron chi connectivity index (χ4n) is 0. The number of alkyl halides is 3. The van der Waals surface area contributed by atoms with E-state index in [4.69, 9.17) is 5.11 Å². The standard InChI is InChI=1S/C2H2ClF2O/c3-1-2(4,5)6/h1H2. The summed E-state index contributed by atoms with van der Waals surface area (Å²) in [7, 11) is 0. The lowest BCUT2D eigenvalue weighted by molar-refractivity contribution is -0.222. The van der Waals surface area contributed by atoms with Gasteiger partial charge in [-0.1, -0.05) is 0 Å². The maximum absolute atomic E-state index is 10.8. The van der Waals surface area contributed by atoms with Crippen LogP contribution in [0.5, 0.6) is 0 Å². The molecular formula is C2H2ClF2O. The van der Waals surface area contributed by atoms with E-state index in [1.807, 2.05) is 0 Å². The normalized spacial score (nSPS) is 12.0. The summed E-state index contributed by atoms with van der Waals surface area (Å²) in [5.41, 5.74) is 0. The molecule has 0 bridgehead atoms. The summed E-state index contributed by atoms with van der Waals surface area (Å²) < 4.78 is 21.5. The van der Waals surface area contributed by atoms with E-state index in [9.17, 15) is 8.78 Å². The van der Waals surface area contributed by atoms with Gasteiger partial charge in [0.25, 0.3) is 0 Å². The van der Waals surface area contributed by atoms with Crippen LogP contribution in [-0.4, -0.2) is 12.0 Å². The molecule has 1 radical (unpaired) electrons. The molecule has 37 valence electrons. The zero-order valence-electron chi connectivity index (χ0n) is 2.75. The molecule has 6 heavy (non-hydrogen) atoms. The van der Waals surface area contributed by atoms with Crippen LogP contribution in [0.1, 0.15) is 0 Å². The molecule has 1 nitrogen and oxygen atoms in total. The van der Waals surface area contributed by atoms with Crippen LogP contribution in [0.3, 0.4) is 0 Å². The van der Waals surface area contributed by atoms with Crippen molar-refractivity contribution in [3.05, 3.63) is 0 Å². The van der Waals surface area contributed by atoms with Crippen LogP contribution in [-0.2, 0) is 5.11 Å². The van der Waals surface area contributed by atoms with Gasteiger partial charge in [-0.25, -0.2) is 0 Å². The lowest BCUT2D eigenvalue weighted by Gasteiger charge is -1.95. The summed E-state index contributed by atoms with van der Waals surface area (Å²) in [6.07, 6.45) is -3.94. The second-order valence-electron chi connectivity index (χ2n) is 0.771. The fourth-order valence-corrected chi connectivity index (χ4v) is 0. The number of rotatable bonds is 1. The third-order valence-corrected chi connectivity index (χ3v) is 0.467. The summed E-state index contributed by atoms with van der Waals surface area (Å²) in [6, 6.07) is 0. The Morgan fingerprint density at radius 3 is 1.83 bits per heavy atom. The average Bonchev–Trinajstić information content (AvgIpc) is 1.35. The predicted molar refractivity (Wildman–Crippen MR) is 16.4 cm³/mol. The number of halogens is 3. The molecule has 0 aliphatic rings. The maximum atomic E-state index is 10.8. The van der Waals surface area contributed by atoms with Crippen molar-refractivity contribution in [1.29, 1.82) is 0 Å². The van der Waals surface area contributed by atoms with Crippen LogP contribution in [0.25, 0.3) is 0 Å². The molecule has 4 heteroatoms. The smallest absolute Gasteiger partial charge is 0.172 e. The Labute approximate surface area is 38.5 Å². The second kappa shape index (κ2) is 1.71. The van der Waals surface area contributed by atoms with Crippen molar-refractivity contribution in [2.45, 2.75) is 6.11 Å². The first-order valence-corrected chi connectivity index (χ1v) is 1.74. The quantitative estimate of drug-likeness (QED) is 0.459. The maximum Gasteiger partial charge on any atom is 0.394 e. The van der Waals surface area contributed by atoms with Gasteiger partial charge in [-0.05, 0) is 0 Å². The highest BCUT2D eigenvalue weighted by atomic mass is 35.5. The van der Waals surface area contributed by atoms with Crippen molar-refractivity contribution in [3.8, 4) is 0 Å². The molecule has 0 aromatic rings. The van der Waals surface area contributed by atoms with Gasteiger partial charge in [0.2, 0.25) is 0 Å². The topological polar surface area (TPSA) is 19.9 Å². The van der Waals surface area contributed by atoms with Crippen molar-refractivity contribution in [3.63, 3.8) is 0 Å². The molecule has 0 unspecified atom stereocenters. The Morgan fingerprint density at radius 2 is 1.83 bits per heavy atom. The van der Waals surface area contributed by atoms with Gasteiger partial charge in [0.15, 0.2) is 0 Å². The fraction of sp³-hybridized carbons (Fsp3) is 1.00. The van der Waals surface area contributed by atoms with E-state index in [0.717, 1.165) is 0 Å². The Balaban J connectivity index is 3.17. The van der Waals surface area contributed by atoms with E-state index in [-0.39, 0.29) is 0 Å². The summed E-state index contributed by atoms with van der Waals surface area (Å²) >= 11 is 4.42. The molecule has 0 amide bonds. The molecule has 0 rings (SSSR count). The number of hydrogen-bond acceptors (Lipinski definition) is 0. The summed E-state index contributed by atoms with van der Waals surface area (Å²) in [6.45, 7) is 0. The van der Waals surface area contributed by atoms with Crippen molar-refractivity contribution in [2.24, 2.45) is 0 Å². The van der Waals surface area contributed by atoms with Gasteiger partial charge in [-0.2, -0.15) is 13.9 Å². The van der Waals surface area contributed by atoms with Gasteiger partial charge in [-0.3, -0.25) is 0 Å². The molecule has 0 aliphatic heterocycles. The Kier molecular flexibility index (Phi) is 1.74. The first kappa shape index (κ1) is 6.11. The zero-order valence-corrected chi connectivity index (χ0v) is 3.51. The van der Waals surface area contributed by atoms with E-state index in [1.54, 1.807) is 0 Å². The third kappa shape index (κ3) is 4.11. The highest BCUT2D eigenvalue weighted by molar-refractivity contribution is 6.18. The Bertz CT molecular complexity index is 41.3. The van der Waals surface area contributed by atoms with Crippen LogP contribution < -0.4 is 0 Å². The highest BCUT2D eigenvalue weighted by Gasteiger charge is 2.24. The minimum Gasteiger partial charge on any atom is -0.172 e. The van der Waals surface area contributed by atoms with Crippen molar-refractivity contribution in [2.75, 3.05) is 5.88 Å². The third-order valence-electron chi connectivity index (χ3n) is 0.156. The molecule has 0 aromatic carbocycles. The molecule has 0 N–H and O–H groups in total. The average molecular weight is 115 g/mol. The van der Waals surface area contributed by atoms with E-state index < -0.39 is 12.0 Å². The van der Waals surface area contributed by atoms with E-state index in [2.05, 4.69) is 11.6 Å². The van der Waals surface area contributed by atoms with Gasteiger partial charge in [0.1, 0.15) is 5.88 Å². The highest BCUT2D eigenvalue weighted by Crippen LogP contribution is 2.09. The van der Waals surface area contributed by atoms with Gasteiger partial charge in [-0.15, -0.1) is 11.6 Å². The lowest BCUT2D eigenvalue weighted by atomic mass is 10.8. The molecular weight excluding hydrogens is 113 g/mol. The van der Waals surface area contributed by atoms with E-state index in [0.29, 0.717) is 0 Å². The van der Waals surface area contributed by atoms with Crippen molar-refractivity contribution >= 4 is 11.6 Å². The van der Waals surface area contributed by atoms with Gasteiger partial charge in [0.05, 0.1) is 0 Å². The predicted octanol–water partition coefficient (Wildman–Crippen LogP) is 1.25. The zero-order chi connectivity index (χ0) is 5.21. The molecule has 0 saturated carbocycles. The van der Waals surface area contributed by atoms with Gasteiger partial charge >= 0.3 is 6.11 Å². The minimum atomic E-state index is -3.94. The molecule has 0 spiro atoms. The van der Waals surface area contributed by atoms with Gasteiger partial charge in [0, 0.05) is 0 Å². The largest absolute Gasteiger partial charge is 0.394 e. The monoisotopic (exact) mass is 115 g/mol. The van der Waals surface area contributed by atoms with Crippen molar-refractivity contribution in [1.82, 2.24) is 0 Å². The molecule has 0 aliphatic carbocycles. The van der Waals surface area contributed by atoms with Crippen LogP contribution in [0.15, 0.2) is 0 Å². The summed E-state index contributed by atoms with van der Waals surface area (Å²) in [4.78, 5) is 0. The lowest BCUT2D eigenvalue weighted by Crippen LogP contribution is -2.13. The van der Waals surface area contributed by atoms with E-state index >= 15 is 0 Å². The first-order valence-electron chi connectivity index (χ1n) is 1.20. The summed E-state index contributed by atoms with van der Waals surface area (Å²) in [5, 5.41) is 9.01. The Hall–Kier alpha value is 0.110. The molecule has 0 fully saturated rings. The first-order chi connectivity index (χ1) is 2.56. The van der Waals surface area contributed by atoms with Crippen LogP contribution in [0.4, 0.5) is 8.78 Å².